The lowest BCUT2D eigenvalue weighted by molar-refractivity contribution is 0.250. The molecule has 0 nitrogen and oxygen atoms in total. The third-order valence-corrected chi connectivity index (χ3v) is 4.31. The van der Waals surface area contributed by atoms with Gasteiger partial charge in [-0.05, 0) is 29.9 Å². The average molecular weight is 263 g/mol. The molecular formula is C13H17Cl2F. The Morgan fingerprint density at radius 2 is 2.00 bits per heavy atom. The van der Waals surface area contributed by atoms with Crippen molar-refractivity contribution >= 4 is 23.2 Å². The Kier molecular flexibility index (Phi) is 4.63. The molecule has 1 atom stereocenters. The standard InChI is InChI=1S/C13H17Cl2F/c1-9(2)13(3,8-14)7-10-11(15)5-4-6-12(10)16/h4-6,9H,7-8H2,1-3H3. The fraction of sp³-hybridized carbons (Fsp3) is 0.538. The van der Waals surface area contributed by atoms with E-state index in [0.717, 1.165) is 0 Å². The average Bonchev–Trinajstić information content (AvgIpc) is 2.23. The summed E-state index contributed by atoms with van der Waals surface area (Å²) in [4.78, 5) is 0. The molecule has 0 fully saturated rings. The molecule has 0 heterocycles. The van der Waals surface area contributed by atoms with Crippen LogP contribution in [0.5, 0.6) is 0 Å². The summed E-state index contributed by atoms with van der Waals surface area (Å²) >= 11 is 12.0. The van der Waals surface area contributed by atoms with Crippen molar-refractivity contribution in [1.82, 2.24) is 0 Å². The van der Waals surface area contributed by atoms with E-state index < -0.39 is 0 Å². The Morgan fingerprint density at radius 1 is 1.38 bits per heavy atom. The van der Waals surface area contributed by atoms with E-state index in [4.69, 9.17) is 23.2 Å². The largest absolute Gasteiger partial charge is 0.207 e. The van der Waals surface area contributed by atoms with Crippen molar-refractivity contribution in [2.45, 2.75) is 27.2 Å². The maximum atomic E-state index is 13.7. The molecule has 90 valence electrons. The van der Waals surface area contributed by atoms with Gasteiger partial charge in [-0.3, -0.25) is 0 Å². The Labute approximate surface area is 107 Å². The first-order chi connectivity index (χ1) is 7.40. The number of benzene rings is 1. The first kappa shape index (κ1) is 13.8. The number of halogens is 3. The molecular weight excluding hydrogens is 246 g/mol. The van der Waals surface area contributed by atoms with Crippen molar-refractivity contribution in [2.75, 3.05) is 5.88 Å². The van der Waals surface area contributed by atoms with Gasteiger partial charge in [0.2, 0.25) is 0 Å². The van der Waals surface area contributed by atoms with Crippen molar-refractivity contribution in [3.63, 3.8) is 0 Å². The first-order valence-corrected chi connectivity index (χ1v) is 6.31. The van der Waals surface area contributed by atoms with E-state index in [2.05, 4.69) is 20.8 Å². The molecule has 0 bridgehead atoms. The highest BCUT2D eigenvalue weighted by molar-refractivity contribution is 6.31. The summed E-state index contributed by atoms with van der Waals surface area (Å²) in [6.45, 7) is 6.25. The summed E-state index contributed by atoms with van der Waals surface area (Å²) in [6, 6.07) is 4.78. The minimum absolute atomic E-state index is 0.132. The van der Waals surface area contributed by atoms with Crippen LogP contribution in [0, 0.1) is 17.2 Å². The lowest BCUT2D eigenvalue weighted by Crippen LogP contribution is -2.28. The molecule has 1 aromatic rings. The normalized spacial score (nSPS) is 15.2. The fourth-order valence-electron chi connectivity index (χ4n) is 1.51. The molecule has 0 aliphatic rings. The van der Waals surface area contributed by atoms with Crippen LogP contribution in [0.1, 0.15) is 26.3 Å². The smallest absolute Gasteiger partial charge is 0.127 e. The maximum absolute atomic E-state index is 13.7. The Bertz CT molecular complexity index is 343. The summed E-state index contributed by atoms with van der Waals surface area (Å²) in [5.41, 5.74) is 0.439. The molecule has 0 amide bonds. The summed E-state index contributed by atoms with van der Waals surface area (Å²) in [7, 11) is 0. The minimum atomic E-state index is -0.246. The van der Waals surface area contributed by atoms with Crippen LogP contribution >= 0.6 is 23.2 Å². The van der Waals surface area contributed by atoms with Crippen LogP contribution in [0.15, 0.2) is 18.2 Å². The molecule has 0 aromatic heterocycles. The van der Waals surface area contributed by atoms with E-state index >= 15 is 0 Å². The van der Waals surface area contributed by atoms with Crippen molar-refractivity contribution in [1.29, 1.82) is 0 Å². The van der Waals surface area contributed by atoms with E-state index in [1.54, 1.807) is 12.1 Å². The lowest BCUT2D eigenvalue weighted by atomic mass is 9.76. The van der Waals surface area contributed by atoms with Crippen LogP contribution in [0.3, 0.4) is 0 Å². The third-order valence-electron chi connectivity index (χ3n) is 3.34. The van der Waals surface area contributed by atoms with Crippen LogP contribution in [0.2, 0.25) is 5.02 Å². The monoisotopic (exact) mass is 262 g/mol. The Balaban J connectivity index is 3.03. The second kappa shape index (κ2) is 5.37. The summed E-state index contributed by atoms with van der Waals surface area (Å²) in [5, 5.41) is 0.483. The summed E-state index contributed by atoms with van der Waals surface area (Å²) < 4.78 is 13.7. The topological polar surface area (TPSA) is 0 Å². The highest BCUT2D eigenvalue weighted by Gasteiger charge is 2.29. The molecule has 0 aliphatic carbocycles. The van der Waals surface area contributed by atoms with E-state index in [9.17, 15) is 4.39 Å². The molecule has 0 aliphatic heterocycles. The highest BCUT2D eigenvalue weighted by Crippen LogP contribution is 2.35. The van der Waals surface area contributed by atoms with Gasteiger partial charge in [0.1, 0.15) is 5.82 Å². The predicted octanol–water partition coefficient (Wildman–Crippen LogP) is 4.92. The predicted molar refractivity (Wildman–Crippen MR) is 68.8 cm³/mol. The van der Waals surface area contributed by atoms with Crippen molar-refractivity contribution in [3.05, 3.63) is 34.6 Å². The number of rotatable bonds is 4. The molecule has 0 saturated heterocycles. The third kappa shape index (κ3) is 2.89. The number of alkyl halides is 1. The van der Waals surface area contributed by atoms with Crippen molar-refractivity contribution in [3.8, 4) is 0 Å². The van der Waals surface area contributed by atoms with Gasteiger partial charge in [-0.2, -0.15) is 0 Å². The molecule has 1 rings (SSSR count). The van der Waals surface area contributed by atoms with Gasteiger partial charge in [0.15, 0.2) is 0 Å². The van der Waals surface area contributed by atoms with Gasteiger partial charge >= 0.3 is 0 Å². The van der Waals surface area contributed by atoms with Crippen molar-refractivity contribution < 1.29 is 4.39 Å². The Morgan fingerprint density at radius 3 is 2.44 bits per heavy atom. The van der Waals surface area contributed by atoms with Gasteiger partial charge in [-0.1, -0.05) is 38.4 Å². The van der Waals surface area contributed by atoms with Gasteiger partial charge in [-0.25, -0.2) is 4.39 Å². The van der Waals surface area contributed by atoms with Gasteiger partial charge in [-0.15, -0.1) is 11.6 Å². The molecule has 16 heavy (non-hydrogen) atoms. The lowest BCUT2D eigenvalue weighted by Gasteiger charge is -2.32. The van der Waals surface area contributed by atoms with Gasteiger partial charge < -0.3 is 0 Å². The molecule has 0 saturated carbocycles. The quantitative estimate of drug-likeness (QED) is 0.676. The second-order valence-electron chi connectivity index (χ2n) is 4.82. The van der Waals surface area contributed by atoms with Crippen LogP contribution in [0.4, 0.5) is 4.39 Å². The van der Waals surface area contributed by atoms with Crippen molar-refractivity contribution in [2.24, 2.45) is 11.3 Å². The van der Waals surface area contributed by atoms with E-state index in [1.165, 1.54) is 6.07 Å². The summed E-state index contributed by atoms with van der Waals surface area (Å²) in [6.07, 6.45) is 0.569. The molecule has 0 radical (unpaired) electrons. The van der Waals surface area contributed by atoms with E-state index in [0.29, 0.717) is 28.8 Å². The van der Waals surface area contributed by atoms with E-state index in [1.807, 2.05) is 0 Å². The molecule has 0 N–H and O–H groups in total. The zero-order valence-corrected chi connectivity index (χ0v) is 11.4. The number of hydrogen-bond acceptors (Lipinski definition) is 0. The number of hydrogen-bond donors (Lipinski definition) is 0. The first-order valence-electron chi connectivity index (χ1n) is 5.39. The summed E-state index contributed by atoms with van der Waals surface area (Å²) in [5.74, 6) is 0.625. The fourth-order valence-corrected chi connectivity index (χ4v) is 2.14. The molecule has 1 unspecified atom stereocenters. The van der Waals surface area contributed by atoms with Gasteiger partial charge in [0.25, 0.3) is 0 Å². The molecule has 3 heteroatoms. The highest BCUT2D eigenvalue weighted by atomic mass is 35.5. The Hall–Kier alpha value is -0.270. The minimum Gasteiger partial charge on any atom is -0.207 e. The van der Waals surface area contributed by atoms with Crippen LogP contribution in [-0.4, -0.2) is 5.88 Å². The SMILES string of the molecule is CC(C)C(C)(CCl)Cc1c(F)cccc1Cl. The van der Waals surface area contributed by atoms with Gasteiger partial charge in [0.05, 0.1) is 0 Å². The maximum Gasteiger partial charge on any atom is 0.127 e. The van der Waals surface area contributed by atoms with Crippen LogP contribution in [0.25, 0.3) is 0 Å². The van der Waals surface area contributed by atoms with Crippen LogP contribution < -0.4 is 0 Å². The zero-order valence-electron chi connectivity index (χ0n) is 9.86. The second-order valence-corrected chi connectivity index (χ2v) is 5.49. The van der Waals surface area contributed by atoms with Gasteiger partial charge in [0, 0.05) is 16.5 Å². The van der Waals surface area contributed by atoms with Crippen LogP contribution in [-0.2, 0) is 6.42 Å². The van der Waals surface area contributed by atoms with E-state index in [-0.39, 0.29) is 11.2 Å². The molecule has 1 aromatic carbocycles. The zero-order chi connectivity index (χ0) is 12.3. The molecule has 0 spiro atoms.